The Morgan fingerprint density at radius 2 is 1.64 bits per heavy atom. The first-order chi connectivity index (χ1) is 15.4. The van der Waals surface area contributed by atoms with E-state index in [1.165, 1.54) is 7.05 Å². The van der Waals surface area contributed by atoms with Gasteiger partial charge in [-0.15, -0.1) is 0 Å². The summed E-state index contributed by atoms with van der Waals surface area (Å²) < 4.78 is 5.32. The number of hydrogen-bond donors (Lipinski definition) is 1. The highest BCUT2D eigenvalue weighted by Crippen LogP contribution is 2.40. The summed E-state index contributed by atoms with van der Waals surface area (Å²) in [5.41, 5.74) is -1.03. The van der Waals surface area contributed by atoms with Gasteiger partial charge in [-0.2, -0.15) is 0 Å². The number of amides is 5. The summed E-state index contributed by atoms with van der Waals surface area (Å²) >= 11 is 0. The summed E-state index contributed by atoms with van der Waals surface area (Å²) in [6.07, 6.45) is -0.00366. The van der Waals surface area contributed by atoms with E-state index in [2.05, 4.69) is 5.32 Å². The van der Waals surface area contributed by atoms with Crippen molar-refractivity contribution < 1.29 is 23.9 Å². The Kier molecular flexibility index (Phi) is 6.72. The zero-order valence-electron chi connectivity index (χ0n) is 20.3. The Morgan fingerprint density at radius 3 is 2.15 bits per heavy atom. The molecule has 1 N–H and O–H groups in total. The van der Waals surface area contributed by atoms with E-state index < -0.39 is 23.3 Å². The minimum atomic E-state index is -1.02. The number of imide groups is 1. The van der Waals surface area contributed by atoms with E-state index >= 15 is 0 Å². The molecule has 0 aliphatic carbocycles. The molecule has 3 rings (SSSR count). The molecule has 2 aliphatic rings. The Morgan fingerprint density at radius 1 is 1.06 bits per heavy atom. The van der Waals surface area contributed by atoms with Crippen LogP contribution in [0.2, 0.25) is 0 Å². The number of piperidine rings is 1. The second-order valence-corrected chi connectivity index (χ2v) is 10.0. The molecule has 1 spiro atoms. The lowest BCUT2D eigenvalue weighted by atomic mass is 9.85. The van der Waals surface area contributed by atoms with Crippen LogP contribution >= 0.6 is 0 Å². The number of benzene rings is 1. The van der Waals surface area contributed by atoms with Crippen LogP contribution in [0, 0.1) is 5.92 Å². The lowest BCUT2D eigenvalue weighted by Gasteiger charge is -2.43. The van der Waals surface area contributed by atoms with Crippen molar-refractivity contribution in [3.8, 4) is 0 Å². The molecule has 1 unspecified atom stereocenters. The van der Waals surface area contributed by atoms with E-state index in [0.717, 1.165) is 4.90 Å². The number of likely N-dealkylation sites (N-methyl/N-ethyl adjacent to an activating group) is 1. The van der Waals surface area contributed by atoms with Gasteiger partial charge >= 0.3 is 12.1 Å². The number of hydrogen-bond acceptors (Lipinski definition) is 5. The van der Waals surface area contributed by atoms with Gasteiger partial charge in [0.2, 0.25) is 5.91 Å². The molecule has 1 aromatic carbocycles. The number of carbonyl (C=O) groups is 4. The summed E-state index contributed by atoms with van der Waals surface area (Å²) in [7, 11) is 1.49. The molecule has 9 heteroatoms. The molecule has 2 fully saturated rings. The van der Waals surface area contributed by atoms with E-state index in [1.54, 1.807) is 30.6 Å². The molecule has 2 heterocycles. The number of likely N-dealkylation sites (tertiary alicyclic amines) is 1. The lowest BCUT2D eigenvalue weighted by Crippen LogP contribution is -2.60. The normalized spacial score (nSPS) is 19.3. The number of para-hydroxylation sites is 1. The van der Waals surface area contributed by atoms with Gasteiger partial charge in [-0.1, -0.05) is 32.0 Å². The van der Waals surface area contributed by atoms with Crippen LogP contribution in [0.1, 0.15) is 47.5 Å². The van der Waals surface area contributed by atoms with Gasteiger partial charge in [0, 0.05) is 25.8 Å². The fourth-order valence-corrected chi connectivity index (χ4v) is 4.44. The summed E-state index contributed by atoms with van der Waals surface area (Å²) in [4.78, 5) is 56.0. The molecule has 0 aromatic heterocycles. The topological polar surface area (TPSA) is 99.3 Å². The number of ether oxygens (including phenoxy) is 1. The van der Waals surface area contributed by atoms with Crippen molar-refractivity contribution in [2.75, 3.05) is 25.0 Å². The van der Waals surface area contributed by atoms with E-state index in [4.69, 9.17) is 4.74 Å². The van der Waals surface area contributed by atoms with Crippen LogP contribution in [0.3, 0.4) is 0 Å². The number of urea groups is 1. The summed E-state index contributed by atoms with van der Waals surface area (Å²) in [5, 5.41) is 2.70. The molecular weight excluding hydrogens is 424 g/mol. The quantitative estimate of drug-likeness (QED) is 0.700. The number of anilines is 1. The van der Waals surface area contributed by atoms with Crippen LogP contribution in [-0.2, 0) is 14.3 Å². The number of carbonyl (C=O) groups excluding carboxylic acids is 4. The molecule has 2 aliphatic heterocycles. The molecule has 0 saturated carbocycles. The van der Waals surface area contributed by atoms with Crippen molar-refractivity contribution in [1.29, 1.82) is 0 Å². The number of rotatable bonds is 4. The monoisotopic (exact) mass is 458 g/mol. The van der Waals surface area contributed by atoms with Crippen LogP contribution in [0.25, 0.3) is 0 Å². The third kappa shape index (κ3) is 4.82. The predicted molar refractivity (Wildman–Crippen MR) is 124 cm³/mol. The van der Waals surface area contributed by atoms with E-state index in [-0.39, 0.29) is 23.8 Å². The van der Waals surface area contributed by atoms with Crippen LogP contribution in [-0.4, -0.2) is 71.1 Å². The minimum Gasteiger partial charge on any atom is -0.444 e. The minimum absolute atomic E-state index is 0.150. The van der Waals surface area contributed by atoms with Gasteiger partial charge in [-0.25, -0.2) is 9.59 Å². The third-order valence-corrected chi connectivity index (χ3v) is 6.13. The maximum absolute atomic E-state index is 13.3. The molecule has 1 aromatic rings. The summed E-state index contributed by atoms with van der Waals surface area (Å²) in [6.45, 7) is 9.60. The molecule has 2 saturated heterocycles. The maximum Gasteiger partial charge on any atom is 0.408 e. The molecule has 0 bridgehead atoms. The molecule has 33 heavy (non-hydrogen) atoms. The van der Waals surface area contributed by atoms with Crippen molar-refractivity contribution in [3.63, 3.8) is 0 Å². The average molecular weight is 459 g/mol. The zero-order valence-corrected chi connectivity index (χ0v) is 20.3. The van der Waals surface area contributed by atoms with Gasteiger partial charge in [0.05, 0.1) is 0 Å². The average Bonchev–Trinajstić information content (AvgIpc) is 2.92. The second-order valence-electron chi connectivity index (χ2n) is 10.0. The van der Waals surface area contributed by atoms with Crippen LogP contribution < -0.4 is 10.2 Å². The highest BCUT2D eigenvalue weighted by Gasteiger charge is 2.58. The maximum atomic E-state index is 13.3. The Labute approximate surface area is 195 Å². The van der Waals surface area contributed by atoms with Gasteiger partial charge in [0.25, 0.3) is 5.91 Å². The first-order valence-corrected chi connectivity index (χ1v) is 11.3. The predicted octanol–water partition coefficient (Wildman–Crippen LogP) is 3.00. The zero-order chi connectivity index (χ0) is 24.6. The fourth-order valence-electron chi connectivity index (χ4n) is 4.44. The second kappa shape index (κ2) is 9.03. The highest BCUT2D eigenvalue weighted by molar-refractivity contribution is 6.16. The van der Waals surface area contributed by atoms with Crippen LogP contribution in [0.15, 0.2) is 30.3 Å². The molecular formula is C24H34N4O5. The van der Waals surface area contributed by atoms with Gasteiger partial charge < -0.3 is 15.0 Å². The standard InChI is InChI=1S/C24H34N4O5/c1-16(2)18(25-21(31)33-23(3,4)5)19(29)27-14-12-24(13-15-27)20(30)26(6)22(32)28(24)17-10-8-7-9-11-17/h7-11,16,18H,12-15H2,1-6H3,(H,25,31). The number of nitrogens with zero attached hydrogens (tertiary/aromatic N) is 3. The lowest BCUT2D eigenvalue weighted by molar-refractivity contribution is -0.139. The van der Waals surface area contributed by atoms with Crippen molar-refractivity contribution in [2.24, 2.45) is 5.92 Å². The van der Waals surface area contributed by atoms with Gasteiger partial charge in [-0.3, -0.25) is 19.4 Å². The van der Waals surface area contributed by atoms with Gasteiger partial charge in [-0.05, 0) is 51.7 Å². The van der Waals surface area contributed by atoms with Crippen LogP contribution in [0.4, 0.5) is 15.3 Å². The Hall–Kier alpha value is -3.10. The molecule has 1 atom stereocenters. The van der Waals surface area contributed by atoms with Crippen LogP contribution in [0.5, 0.6) is 0 Å². The SMILES string of the molecule is CC(C)C(NC(=O)OC(C)(C)C)C(=O)N1CCC2(CC1)C(=O)N(C)C(=O)N2c1ccccc1. The molecule has 5 amide bonds. The van der Waals surface area contributed by atoms with Crippen molar-refractivity contribution in [2.45, 2.75) is 64.6 Å². The Bertz CT molecular complexity index is 917. The number of nitrogens with one attached hydrogen (secondary N) is 1. The Balaban J connectivity index is 1.76. The van der Waals surface area contributed by atoms with E-state index in [0.29, 0.717) is 31.6 Å². The van der Waals surface area contributed by atoms with E-state index in [9.17, 15) is 19.2 Å². The molecule has 180 valence electrons. The van der Waals surface area contributed by atoms with Gasteiger partial charge in [0.15, 0.2) is 0 Å². The largest absolute Gasteiger partial charge is 0.444 e. The number of alkyl carbamates (subject to hydrolysis) is 1. The van der Waals surface area contributed by atoms with Crippen molar-refractivity contribution in [3.05, 3.63) is 30.3 Å². The molecule has 9 nitrogen and oxygen atoms in total. The van der Waals surface area contributed by atoms with Crippen molar-refractivity contribution in [1.82, 2.24) is 15.1 Å². The highest BCUT2D eigenvalue weighted by atomic mass is 16.6. The first-order valence-electron chi connectivity index (χ1n) is 11.3. The third-order valence-electron chi connectivity index (χ3n) is 6.13. The smallest absolute Gasteiger partial charge is 0.408 e. The fraction of sp³-hybridized carbons (Fsp3) is 0.583. The summed E-state index contributed by atoms with van der Waals surface area (Å²) in [6, 6.07) is 8.01. The summed E-state index contributed by atoms with van der Waals surface area (Å²) in [5.74, 6) is -0.625. The van der Waals surface area contributed by atoms with E-state index in [1.807, 2.05) is 44.2 Å². The molecule has 0 radical (unpaired) electrons. The first kappa shape index (κ1) is 24.5. The van der Waals surface area contributed by atoms with Gasteiger partial charge in [0.1, 0.15) is 17.2 Å². The van der Waals surface area contributed by atoms with Crippen molar-refractivity contribution >= 4 is 29.6 Å².